The van der Waals surface area contributed by atoms with Gasteiger partial charge in [0.15, 0.2) is 0 Å². The maximum absolute atomic E-state index is 13.6. The van der Waals surface area contributed by atoms with Gasteiger partial charge in [-0.05, 0) is 37.6 Å². The van der Waals surface area contributed by atoms with Gasteiger partial charge in [-0.1, -0.05) is 22.8 Å². The molecule has 0 saturated carbocycles. The predicted octanol–water partition coefficient (Wildman–Crippen LogP) is 3.88. The Morgan fingerprint density at radius 2 is 1.88 bits per heavy atom. The SMILES string of the molecule is Cc1ccc(-c2nnc(NC(=O)c3ccc(F)cc3F)o2)c(C)c1. The van der Waals surface area contributed by atoms with Crippen LogP contribution in [-0.4, -0.2) is 16.1 Å². The lowest BCUT2D eigenvalue weighted by atomic mass is 10.1. The van der Waals surface area contributed by atoms with Gasteiger partial charge >= 0.3 is 6.01 Å². The van der Waals surface area contributed by atoms with Crippen LogP contribution in [0.25, 0.3) is 11.5 Å². The molecule has 0 saturated heterocycles. The highest BCUT2D eigenvalue weighted by molar-refractivity contribution is 6.03. The molecule has 0 aliphatic carbocycles. The predicted molar refractivity (Wildman–Crippen MR) is 83.5 cm³/mol. The van der Waals surface area contributed by atoms with Crippen LogP contribution in [-0.2, 0) is 0 Å². The molecule has 122 valence electrons. The second kappa shape index (κ2) is 6.19. The highest BCUT2D eigenvalue weighted by Gasteiger charge is 2.17. The van der Waals surface area contributed by atoms with Crippen molar-refractivity contribution >= 4 is 11.9 Å². The number of carbonyl (C=O) groups excluding carboxylic acids is 1. The highest BCUT2D eigenvalue weighted by Crippen LogP contribution is 2.24. The number of nitrogens with zero attached hydrogens (tertiary/aromatic N) is 2. The number of benzene rings is 2. The maximum atomic E-state index is 13.6. The first-order chi connectivity index (χ1) is 11.4. The summed E-state index contributed by atoms with van der Waals surface area (Å²) in [6.07, 6.45) is 0. The summed E-state index contributed by atoms with van der Waals surface area (Å²) in [7, 11) is 0. The van der Waals surface area contributed by atoms with Crippen molar-refractivity contribution in [1.29, 1.82) is 0 Å². The van der Waals surface area contributed by atoms with E-state index in [4.69, 9.17) is 4.42 Å². The molecule has 5 nitrogen and oxygen atoms in total. The van der Waals surface area contributed by atoms with E-state index >= 15 is 0 Å². The van der Waals surface area contributed by atoms with Crippen molar-refractivity contribution in [3.63, 3.8) is 0 Å². The fourth-order valence-corrected chi connectivity index (χ4v) is 2.27. The van der Waals surface area contributed by atoms with Crippen molar-refractivity contribution in [2.75, 3.05) is 5.32 Å². The van der Waals surface area contributed by atoms with Crippen molar-refractivity contribution in [3.05, 3.63) is 64.7 Å². The van der Waals surface area contributed by atoms with Crippen LogP contribution in [0.15, 0.2) is 40.8 Å². The zero-order chi connectivity index (χ0) is 17.3. The van der Waals surface area contributed by atoms with E-state index in [1.807, 2.05) is 32.0 Å². The minimum atomic E-state index is -0.971. The van der Waals surface area contributed by atoms with E-state index in [2.05, 4.69) is 15.5 Å². The third-order valence-corrected chi connectivity index (χ3v) is 3.43. The quantitative estimate of drug-likeness (QED) is 0.792. The van der Waals surface area contributed by atoms with E-state index in [1.54, 1.807) is 0 Å². The minimum absolute atomic E-state index is 0.168. The fourth-order valence-electron chi connectivity index (χ4n) is 2.27. The molecule has 1 heterocycles. The largest absolute Gasteiger partial charge is 0.403 e. The van der Waals surface area contributed by atoms with Crippen LogP contribution < -0.4 is 5.32 Å². The lowest BCUT2D eigenvalue weighted by Gasteiger charge is -2.03. The van der Waals surface area contributed by atoms with E-state index in [0.29, 0.717) is 6.07 Å². The molecule has 1 N–H and O–H groups in total. The highest BCUT2D eigenvalue weighted by atomic mass is 19.1. The fraction of sp³-hybridized carbons (Fsp3) is 0.118. The summed E-state index contributed by atoms with van der Waals surface area (Å²) < 4.78 is 31.9. The van der Waals surface area contributed by atoms with Gasteiger partial charge in [-0.3, -0.25) is 10.1 Å². The standard InChI is InChI=1S/C17H13F2N3O2/c1-9-3-5-12(10(2)7-9)16-21-22-17(24-16)20-15(23)13-6-4-11(18)8-14(13)19/h3-8H,1-2H3,(H,20,22,23). The van der Waals surface area contributed by atoms with E-state index < -0.39 is 17.5 Å². The Labute approximate surface area is 136 Å². The van der Waals surface area contributed by atoms with Gasteiger partial charge in [0.25, 0.3) is 5.91 Å². The van der Waals surface area contributed by atoms with Crippen LogP contribution in [0, 0.1) is 25.5 Å². The summed E-state index contributed by atoms with van der Waals surface area (Å²) in [4.78, 5) is 12.0. The molecular weight excluding hydrogens is 316 g/mol. The first kappa shape index (κ1) is 15.8. The molecular formula is C17H13F2N3O2. The third kappa shape index (κ3) is 3.15. The number of aromatic nitrogens is 2. The molecule has 1 amide bonds. The smallest absolute Gasteiger partial charge is 0.322 e. The zero-order valence-electron chi connectivity index (χ0n) is 12.9. The number of hydrogen-bond acceptors (Lipinski definition) is 4. The van der Waals surface area contributed by atoms with Crippen molar-refractivity contribution in [2.45, 2.75) is 13.8 Å². The second-order valence-corrected chi connectivity index (χ2v) is 5.31. The Morgan fingerprint density at radius 1 is 1.08 bits per heavy atom. The van der Waals surface area contributed by atoms with Crippen molar-refractivity contribution < 1.29 is 18.0 Å². The topological polar surface area (TPSA) is 68.0 Å². The van der Waals surface area contributed by atoms with Gasteiger partial charge in [0.2, 0.25) is 5.89 Å². The molecule has 0 aliphatic rings. The third-order valence-electron chi connectivity index (χ3n) is 3.43. The monoisotopic (exact) mass is 329 g/mol. The van der Waals surface area contributed by atoms with Crippen LogP contribution in [0.1, 0.15) is 21.5 Å². The van der Waals surface area contributed by atoms with Crippen molar-refractivity contribution in [2.24, 2.45) is 0 Å². The van der Waals surface area contributed by atoms with Gasteiger partial charge in [0.1, 0.15) is 11.6 Å². The Bertz CT molecular complexity index is 922. The maximum Gasteiger partial charge on any atom is 0.322 e. The number of amides is 1. The summed E-state index contributed by atoms with van der Waals surface area (Å²) >= 11 is 0. The Hall–Kier alpha value is -3.09. The Kier molecular flexibility index (Phi) is 4.07. The number of nitrogens with one attached hydrogen (secondary N) is 1. The molecule has 0 radical (unpaired) electrons. The molecule has 0 bridgehead atoms. The average Bonchev–Trinajstić information content (AvgIpc) is 2.95. The normalized spacial score (nSPS) is 10.7. The van der Waals surface area contributed by atoms with Crippen LogP contribution in [0.2, 0.25) is 0 Å². The van der Waals surface area contributed by atoms with Crippen LogP contribution in [0.3, 0.4) is 0 Å². The molecule has 0 fully saturated rings. The van der Waals surface area contributed by atoms with E-state index in [-0.39, 0.29) is 17.5 Å². The van der Waals surface area contributed by atoms with Gasteiger partial charge in [-0.25, -0.2) is 8.78 Å². The molecule has 0 spiro atoms. The van der Waals surface area contributed by atoms with Crippen LogP contribution >= 0.6 is 0 Å². The number of carbonyl (C=O) groups is 1. The summed E-state index contributed by atoms with van der Waals surface area (Å²) in [6.45, 7) is 3.87. The summed E-state index contributed by atoms with van der Waals surface area (Å²) in [5.41, 5.74) is 2.46. The molecule has 0 unspecified atom stereocenters. The minimum Gasteiger partial charge on any atom is -0.403 e. The molecule has 24 heavy (non-hydrogen) atoms. The van der Waals surface area contributed by atoms with E-state index in [1.165, 1.54) is 0 Å². The first-order valence-corrected chi connectivity index (χ1v) is 7.11. The molecule has 0 aliphatic heterocycles. The van der Waals surface area contributed by atoms with Gasteiger partial charge in [0, 0.05) is 11.6 Å². The number of halogens is 2. The zero-order valence-corrected chi connectivity index (χ0v) is 12.9. The van der Waals surface area contributed by atoms with Crippen LogP contribution in [0.5, 0.6) is 0 Å². The van der Waals surface area contributed by atoms with Gasteiger partial charge in [-0.15, -0.1) is 5.10 Å². The first-order valence-electron chi connectivity index (χ1n) is 7.11. The molecule has 3 rings (SSSR count). The van der Waals surface area contributed by atoms with E-state index in [9.17, 15) is 13.6 Å². The lowest BCUT2D eigenvalue weighted by molar-refractivity contribution is 0.102. The van der Waals surface area contributed by atoms with Crippen LogP contribution in [0.4, 0.5) is 14.8 Å². The van der Waals surface area contributed by atoms with Crippen molar-refractivity contribution in [3.8, 4) is 11.5 Å². The number of rotatable bonds is 3. The molecule has 2 aromatic carbocycles. The summed E-state index contributed by atoms with van der Waals surface area (Å²) in [5.74, 6) is -2.30. The Balaban J connectivity index is 1.82. The molecule has 1 aromatic heterocycles. The summed E-state index contributed by atoms with van der Waals surface area (Å²) in [5, 5.41) is 9.90. The molecule has 7 heteroatoms. The average molecular weight is 329 g/mol. The lowest BCUT2D eigenvalue weighted by Crippen LogP contribution is -2.14. The summed E-state index contributed by atoms with van der Waals surface area (Å²) in [6, 6.07) is 8.20. The number of hydrogen-bond donors (Lipinski definition) is 1. The number of aryl methyl sites for hydroxylation is 2. The Morgan fingerprint density at radius 3 is 2.58 bits per heavy atom. The van der Waals surface area contributed by atoms with Gasteiger partial charge < -0.3 is 4.42 Å². The molecule has 0 atom stereocenters. The van der Waals surface area contributed by atoms with Gasteiger partial charge in [-0.2, -0.15) is 0 Å². The second-order valence-electron chi connectivity index (χ2n) is 5.31. The van der Waals surface area contributed by atoms with E-state index in [0.717, 1.165) is 28.8 Å². The van der Waals surface area contributed by atoms with Gasteiger partial charge in [0.05, 0.1) is 5.56 Å². The van der Waals surface area contributed by atoms with Crippen molar-refractivity contribution in [1.82, 2.24) is 10.2 Å². The molecule has 3 aromatic rings. The number of anilines is 1.